The molecule has 3 rings (SSSR count). The molecule has 132 valence electrons. The zero-order valence-electron chi connectivity index (χ0n) is 14.3. The van der Waals surface area contributed by atoms with Crippen LogP contribution >= 0.6 is 11.3 Å². The van der Waals surface area contributed by atoms with E-state index in [2.05, 4.69) is 10.3 Å². The molecule has 2 amide bonds. The summed E-state index contributed by atoms with van der Waals surface area (Å²) in [6.45, 7) is 2.91. The van der Waals surface area contributed by atoms with Gasteiger partial charge in [0.2, 0.25) is 5.91 Å². The third-order valence-corrected chi connectivity index (χ3v) is 5.07. The van der Waals surface area contributed by atoms with Crippen molar-refractivity contribution in [2.24, 2.45) is 0 Å². The van der Waals surface area contributed by atoms with E-state index in [9.17, 15) is 9.59 Å². The second-order valence-electron chi connectivity index (χ2n) is 5.96. The third kappa shape index (κ3) is 3.99. The number of hydrogen-bond donors (Lipinski definition) is 1. The summed E-state index contributed by atoms with van der Waals surface area (Å²) in [5.74, 6) is 0.366. The molecule has 25 heavy (non-hydrogen) atoms. The molecule has 0 aliphatic carbocycles. The van der Waals surface area contributed by atoms with Gasteiger partial charge in [-0.05, 0) is 38.0 Å². The van der Waals surface area contributed by atoms with E-state index in [0.29, 0.717) is 30.8 Å². The number of nitrogens with zero attached hydrogens (tertiary/aromatic N) is 2. The van der Waals surface area contributed by atoms with Gasteiger partial charge in [-0.1, -0.05) is 6.07 Å². The van der Waals surface area contributed by atoms with Crippen LogP contribution in [-0.2, 0) is 11.3 Å². The summed E-state index contributed by atoms with van der Waals surface area (Å²) in [6, 6.07) is 6.59. The van der Waals surface area contributed by atoms with Crippen molar-refractivity contribution < 1.29 is 14.3 Å². The summed E-state index contributed by atoms with van der Waals surface area (Å²) in [4.78, 5) is 31.3. The number of aryl methyl sites for hydroxylation is 1. The van der Waals surface area contributed by atoms with E-state index in [4.69, 9.17) is 4.74 Å². The Bertz CT molecular complexity index is 774. The van der Waals surface area contributed by atoms with Crippen LogP contribution in [0.15, 0.2) is 29.6 Å². The van der Waals surface area contributed by atoms with Crippen molar-refractivity contribution in [2.75, 3.05) is 13.7 Å². The minimum atomic E-state index is -0.432. The van der Waals surface area contributed by atoms with E-state index in [0.717, 1.165) is 17.1 Å². The van der Waals surface area contributed by atoms with Gasteiger partial charge in [-0.2, -0.15) is 0 Å². The number of hydrogen-bond acceptors (Lipinski definition) is 5. The summed E-state index contributed by atoms with van der Waals surface area (Å²) in [5.41, 5.74) is 1.38. The molecule has 2 aromatic rings. The number of methoxy groups -OCH3 is 1. The third-order valence-electron chi connectivity index (χ3n) is 4.24. The first-order chi connectivity index (χ1) is 12.1. The summed E-state index contributed by atoms with van der Waals surface area (Å²) >= 11 is 1.56. The van der Waals surface area contributed by atoms with Crippen molar-refractivity contribution in [3.8, 4) is 5.75 Å². The van der Waals surface area contributed by atoms with Crippen molar-refractivity contribution in [1.29, 1.82) is 0 Å². The monoisotopic (exact) mass is 359 g/mol. The maximum absolute atomic E-state index is 12.8. The molecule has 1 aromatic carbocycles. The molecule has 1 fully saturated rings. The van der Waals surface area contributed by atoms with E-state index in [1.165, 1.54) is 0 Å². The number of ether oxygens (including phenoxy) is 1. The lowest BCUT2D eigenvalue weighted by Crippen LogP contribution is -2.45. The van der Waals surface area contributed by atoms with Crippen molar-refractivity contribution in [3.63, 3.8) is 0 Å². The Morgan fingerprint density at radius 3 is 3.00 bits per heavy atom. The van der Waals surface area contributed by atoms with Gasteiger partial charge in [0.05, 0.1) is 24.4 Å². The normalized spacial score (nSPS) is 16.7. The average Bonchev–Trinajstić information content (AvgIpc) is 3.28. The van der Waals surface area contributed by atoms with Gasteiger partial charge in [-0.3, -0.25) is 9.59 Å². The van der Waals surface area contributed by atoms with Crippen LogP contribution in [-0.4, -0.2) is 41.4 Å². The second-order valence-corrected chi connectivity index (χ2v) is 7.03. The van der Waals surface area contributed by atoms with Gasteiger partial charge >= 0.3 is 0 Å². The predicted molar refractivity (Wildman–Crippen MR) is 95.8 cm³/mol. The number of nitrogens with one attached hydrogen (secondary N) is 1. The molecule has 7 heteroatoms. The maximum atomic E-state index is 12.8. The van der Waals surface area contributed by atoms with E-state index >= 15 is 0 Å². The fourth-order valence-corrected chi connectivity index (χ4v) is 3.60. The molecule has 1 aromatic heterocycles. The fraction of sp³-hybridized carbons (Fsp3) is 0.389. The Balaban J connectivity index is 1.66. The molecule has 0 spiro atoms. The molecule has 0 saturated carbocycles. The van der Waals surface area contributed by atoms with Gasteiger partial charge in [0.15, 0.2) is 0 Å². The minimum Gasteiger partial charge on any atom is -0.497 e. The summed E-state index contributed by atoms with van der Waals surface area (Å²) in [6.07, 6.45) is 1.50. The van der Waals surface area contributed by atoms with Gasteiger partial charge in [-0.25, -0.2) is 4.98 Å². The van der Waals surface area contributed by atoms with Crippen LogP contribution in [0.1, 0.15) is 33.9 Å². The average molecular weight is 359 g/mol. The molecular formula is C18H21N3O3S. The lowest BCUT2D eigenvalue weighted by Gasteiger charge is -2.24. The second kappa shape index (κ2) is 7.65. The lowest BCUT2D eigenvalue weighted by molar-refractivity contribution is -0.125. The van der Waals surface area contributed by atoms with Crippen molar-refractivity contribution >= 4 is 23.2 Å². The lowest BCUT2D eigenvalue weighted by atomic mass is 10.1. The van der Waals surface area contributed by atoms with Crippen LogP contribution in [0.5, 0.6) is 5.75 Å². The number of aromatic nitrogens is 1. The first kappa shape index (κ1) is 17.4. The Kier molecular flexibility index (Phi) is 5.33. The minimum absolute atomic E-state index is 0.126. The molecule has 0 radical (unpaired) electrons. The topological polar surface area (TPSA) is 71.5 Å². The molecule has 1 aliphatic rings. The van der Waals surface area contributed by atoms with Crippen LogP contribution in [0.2, 0.25) is 0 Å². The molecular weight excluding hydrogens is 338 g/mol. The quantitative estimate of drug-likeness (QED) is 0.890. The Morgan fingerprint density at radius 2 is 2.28 bits per heavy atom. The maximum Gasteiger partial charge on any atom is 0.254 e. The number of amides is 2. The highest BCUT2D eigenvalue weighted by Gasteiger charge is 2.34. The first-order valence-electron chi connectivity index (χ1n) is 8.22. The molecule has 1 N–H and O–H groups in total. The molecule has 1 aliphatic heterocycles. The van der Waals surface area contributed by atoms with Crippen LogP contribution in [0.3, 0.4) is 0 Å². The molecule has 1 saturated heterocycles. The van der Waals surface area contributed by atoms with Gasteiger partial charge in [0, 0.05) is 17.5 Å². The number of thiazole rings is 1. The van der Waals surface area contributed by atoms with Crippen LogP contribution in [0.4, 0.5) is 0 Å². The van der Waals surface area contributed by atoms with Gasteiger partial charge in [0.25, 0.3) is 5.91 Å². The number of carbonyl (C=O) groups excluding carboxylic acids is 2. The van der Waals surface area contributed by atoms with Crippen LogP contribution in [0.25, 0.3) is 0 Å². The smallest absolute Gasteiger partial charge is 0.254 e. The van der Waals surface area contributed by atoms with Crippen molar-refractivity contribution in [2.45, 2.75) is 32.4 Å². The fourth-order valence-electron chi connectivity index (χ4n) is 2.99. The Labute approximate surface area is 150 Å². The summed E-state index contributed by atoms with van der Waals surface area (Å²) in [7, 11) is 1.57. The summed E-state index contributed by atoms with van der Waals surface area (Å²) < 4.78 is 5.18. The van der Waals surface area contributed by atoms with Crippen molar-refractivity contribution in [3.05, 3.63) is 45.9 Å². The van der Waals surface area contributed by atoms with Gasteiger partial charge in [0.1, 0.15) is 11.8 Å². The zero-order valence-corrected chi connectivity index (χ0v) is 15.1. The SMILES string of the molecule is COc1cccc(C(=O)N2CCC[C@@H]2C(=O)NCc2csc(C)n2)c1. The number of carbonyl (C=O) groups is 2. The molecule has 6 nitrogen and oxygen atoms in total. The molecule has 2 heterocycles. The summed E-state index contributed by atoms with van der Waals surface area (Å²) in [5, 5.41) is 5.81. The van der Waals surface area contributed by atoms with Crippen molar-refractivity contribution in [1.82, 2.24) is 15.2 Å². The van der Waals surface area contributed by atoms with E-state index in [1.54, 1.807) is 47.6 Å². The Hall–Kier alpha value is -2.41. The molecule has 0 bridgehead atoms. The van der Waals surface area contributed by atoms with E-state index in [1.807, 2.05) is 12.3 Å². The number of likely N-dealkylation sites (tertiary alicyclic amines) is 1. The predicted octanol–water partition coefficient (Wildman–Crippen LogP) is 2.38. The van der Waals surface area contributed by atoms with Crippen LogP contribution < -0.4 is 10.1 Å². The molecule has 1 atom stereocenters. The van der Waals surface area contributed by atoms with E-state index < -0.39 is 6.04 Å². The zero-order chi connectivity index (χ0) is 17.8. The molecule has 0 unspecified atom stereocenters. The highest BCUT2D eigenvalue weighted by Crippen LogP contribution is 2.22. The highest BCUT2D eigenvalue weighted by molar-refractivity contribution is 7.09. The standard InChI is InChI=1S/C18H21N3O3S/c1-12-20-14(11-25-12)10-19-17(22)16-7-4-8-21(16)18(23)13-5-3-6-15(9-13)24-2/h3,5-6,9,11,16H,4,7-8,10H2,1-2H3,(H,19,22)/t16-/m1/s1. The van der Waals surface area contributed by atoms with Gasteiger partial charge in [-0.15, -0.1) is 11.3 Å². The van der Waals surface area contributed by atoms with Crippen LogP contribution in [0, 0.1) is 6.92 Å². The number of rotatable bonds is 5. The number of benzene rings is 1. The highest BCUT2D eigenvalue weighted by atomic mass is 32.1. The Morgan fingerprint density at radius 1 is 1.44 bits per heavy atom. The van der Waals surface area contributed by atoms with Gasteiger partial charge < -0.3 is 15.0 Å². The van der Waals surface area contributed by atoms with E-state index in [-0.39, 0.29) is 11.8 Å². The largest absolute Gasteiger partial charge is 0.497 e. The first-order valence-corrected chi connectivity index (χ1v) is 9.10.